The Balaban J connectivity index is 1.94. The number of aryl methyl sites for hydroxylation is 3. The molecule has 1 N–H and O–H groups in total. The lowest BCUT2D eigenvalue weighted by atomic mass is 10.1. The lowest BCUT2D eigenvalue weighted by Gasteiger charge is -2.11. The maximum Gasteiger partial charge on any atom is 0.336 e. The number of nitrogens with one attached hydrogen (secondary N) is 1. The number of fused-ring (bicyclic) bond motifs is 1. The molecule has 3 aromatic rings. The molecule has 0 fully saturated rings. The highest BCUT2D eigenvalue weighted by Crippen LogP contribution is 2.21. The second kappa shape index (κ2) is 6.29. The molecule has 0 unspecified atom stereocenters. The zero-order valence-electron chi connectivity index (χ0n) is 13.8. The topological polar surface area (TPSA) is 42.2 Å². The fourth-order valence-corrected chi connectivity index (χ4v) is 2.91. The van der Waals surface area contributed by atoms with E-state index in [0.717, 1.165) is 23.1 Å². The van der Waals surface area contributed by atoms with Crippen LogP contribution in [-0.4, -0.2) is 0 Å². The third-order valence-electron chi connectivity index (χ3n) is 4.01. The smallest absolute Gasteiger partial charge is 0.336 e. The normalized spacial score (nSPS) is 10.9. The second-order valence-electron chi connectivity index (χ2n) is 6.00. The first-order valence-corrected chi connectivity index (χ1v) is 7.93. The van der Waals surface area contributed by atoms with Crippen molar-refractivity contribution in [2.45, 2.75) is 33.7 Å². The van der Waals surface area contributed by atoms with Gasteiger partial charge in [-0.1, -0.05) is 25.1 Å². The van der Waals surface area contributed by atoms with Gasteiger partial charge in [0, 0.05) is 23.7 Å². The summed E-state index contributed by atoms with van der Waals surface area (Å²) in [5.74, 6) is 0. The fourth-order valence-electron chi connectivity index (χ4n) is 2.91. The molecule has 23 heavy (non-hydrogen) atoms. The van der Waals surface area contributed by atoms with Crippen molar-refractivity contribution < 1.29 is 4.42 Å². The summed E-state index contributed by atoms with van der Waals surface area (Å²) in [7, 11) is 0. The number of hydrogen-bond donors (Lipinski definition) is 1. The minimum Gasteiger partial charge on any atom is -0.423 e. The summed E-state index contributed by atoms with van der Waals surface area (Å²) in [5.41, 5.74) is 5.99. The van der Waals surface area contributed by atoms with Crippen molar-refractivity contribution in [2.75, 3.05) is 5.32 Å². The van der Waals surface area contributed by atoms with Gasteiger partial charge in [-0.15, -0.1) is 0 Å². The lowest BCUT2D eigenvalue weighted by molar-refractivity contribution is 0.559. The zero-order valence-corrected chi connectivity index (χ0v) is 13.8. The average molecular weight is 307 g/mol. The summed E-state index contributed by atoms with van der Waals surface area (Å²) < 4.78 is 5.35. The van der Waals surface area contributed by atoms with Crippen LogP contribution in [0.1, 0.15) is 29.2 Å². The largest absolute Gasteiger partial charge is 0.423 e. The maximum absolute atomic E-state index is 11.8. The molecule has 0 aliphatic heterocycles. The van der Waals surface area contributed by atoms with Crippen LogP contribution < -0.4 is 10.9 Å². The van der Waals surface area contributed by atoms with Crippen molar-refractivity contribution >= 4 is 16.7 Å². The summed E-state index contributed by atoms with van der Waals surface area (Å²) in [6, 6.07) is 14.0. The Morgan fingerprint density at radius 2 is 1.74 bits per heavy atom. The van der Waals surface area contributed by atoms with Crippen LogP contribution in [0.4, 0.5) is 5.69 Å². The molecule has 118 valence electrons. The molecule has 0 bridgehead atoms. The van der Waals surface area contributed by atoms with Crippen LogP contribution in [0.2, 0.25) is 0 Å². The highest BCUT2D eigenvalue weighted by atomic mass is 16.4. The van der Waals surface area contributed by atoms with E-state index in [9.17, 15) is 4.79 Å². The van der Waals surface area contributed by atoms with Gasteiger partial charge in [-0.3, -0.25) is 0 Å². The van der Waals surface area contributed by atoms with Gasteiger partial charge in [-0.25, -0.2) is 4.79 Å². The summed E-state index contributed by atoms with van der Waals surface area (Å²) >= 11 is 0. The van der Waals surface area contributed by atoms with Crippen LogP contribution in [-0.2, 0) is 13.0 Å². The van der Waals surface area contributed by atoms with E-state index in [4.69, 9.17) is 4.42 Å². The van der Waals surface area contributed by atoms with Crippen LogP contribution in [0.3, 0.4) is 0 Å². The van der Waals surface area contributed by atoms with Crippen LogP contribution in [0.5, 0.6) is 0 Å². The SMILES string of the molecule is CCc1ccc2c(CNc3cc(C)cc(C)c3)cc(=O)oc2c1. The summed E-state index contributed by atoms with van der Waals surface area (Å²) in [5, 5.41) is 4.39. The lowest BCUT2D eigenvalue weighted by Crippen LogP contribution is -2.06. The molecule has 0 saturated carbocycles. The highest BCUT2D eigenvalue weighted by molar-refractivity contribution is 5.81. The van der Waals surface area contributed by atoms with Crippen molar-refractivity contribution in [3.63, 3.8) is 0 Å². The number of anilines is 1. The van der Waals surface area contributed by atoms with E-state index in [-0.39, 0.29) is 5.63 Å². The van der Waals surface area contributed by atoms with Crippen molar-refractivity contribution in [1.82, 2.24) is 0 Å². The molecule has 0 spiro atoms. The molecule has 0 radical (unpaired) electrons. The van der Waals surface area contributed by atoms with Gasteiger partial charge in [0.15, 0.2) is 0 Å². The van der Waals surface area contributed by atoms with Gasteiger partial charge in [0.2, 0.25) is 0 Å². The molecular formula is C20H21NO2. The van der Waals surface area contributed by atoms with Crippen molar-refractivity contribution in [1.29, 1.82) is 0 Å². The van der Waals surface area contributed by atoms with Gasteiger partial charge < -0.3 is 9.73 Å². The monoisotopic (exact) mass is 307 g/mol. The Morgan fingerprint density at radius 3 is 2.43 bits per heavy atom. The molecule has 1 aromatic heterocycles. The molecular weight excluding hydrogens is 286 g/mol. The van der Waals surface area contributed by atoms with Crippen LogP contribution >= 0.6 is 0 Å². The summed E-state index contributed by atoms with van der Waals surface area (Å²) in [6.45, 7) is 6.84. The molecule has 2 aromatic carbocycles. The molecule has 3 heteroatoms. The van der Waals surface area contributed by atoms with E-state index in [1.807, 2.05) is 12.1 Å². The zero-order chi connectivity index (χ0) is 16.4. The molecule has 3 rings (SSSR count). The average Bonchev–Trinajstić information content (AvgIpc) is 2.50. The van der Waals surface area contributed by atoms with E-state index in [1.165, 1.54) is 16.7 Å². The first-order valence-electron chi connectivity index (χ1n) is 7.93. The van der Waals surface area contributed by atoms with E-state index in [0.29, 0.717) is 12.1 Å². The van der Waals surface area contributed by atoms with E-state index in [2.05, 4.69) is 50.4 Å². The third kappa shape index (κ3) is 3.45. The number of rotatable bonds is 4. The van der Waals surface area contributed by atoms with Crippen LogP contribution in [0.15, 0.2) is 51.7 Å². The first-order chi connectivity index (χ1) is 11.0. The number of hydrogen-bond acceptors (Lipinski definition) is 3. The summed E-state index contributed by atoms with van der Waals surface area (Å²) in [6.07, 6.45) is 0.921. The van der Waals surface area contributed by atoms with Crippen LogP contribution in [0, 0.1) is 13.8 Å². The second-order valence-corrected chi connectivity index (χ2v) is 6.00. The quantitative estimate of drug-likeness (QED) is 0.717. The van der Waals surface area contributed by atoms with Crippen molar-refractivity contribution in [3.05, 3.63) is 75.1 Å². The molecule has 0 aliphatic rings. The Labute approximate surface area is 136 Å². The standard InChI is InChI=1S/C20H21NO2/c1-4-15-5-6-18-16(11-20(22)23-19(18)10-15)12-21-17-8-13(2)7-14(3)9-17/h5-11,21H,4,12H2,1-3H3. The molecule has 1 heterocycles. The summed E-state index contributed by atoms with van der Waals surface area (Å²) in [4.78, 5) is 11.8. The highest BCUT2D eigenvalue weighted by Gasteiger charge is 2.07. The van der Waals surface area contributed by atoms with Gasteiger partial charge in [-0.05, 0) is 60.7 Å². The Morgan fingerprint density at radius 1 is 1.00 bits per heavy atom. The van der Waals surface area contributed by atoms with Crippen molar-refractivity contribution in [3.8, 4) is 0 Å². The Kier molecular flexibility index (Phi) is 4.20. The van der Waals surface area contributed by atoms with E-state index >= 15 is 0 Å². The minimum atomic E-state index is -0.303. The van der Waals surface area contributed by atoms with E-state index < -0.39 is 0 Å². The van der Waals surface area contributed by atoms with E-state index in [1.54, 1.807) is 6.07 Å². The van der Waals surface area contributed by atoms with Gasteiger partial charge in [0.1, 0.15) is 5.58 Å². The minimum absolute atomic E-state index is 0.303. The fraction of sp³-hybridized carbons (Fsp3) is 0.250. The Bertz CT molecular complexity index is 889. The van der Waals surface area contributed by atoms with Gasteiger partial charge in [0.25, 0.3) is 0 Å². The molecule has 3 nitrogen and oxygen atoms in total. The molecule has 0 atom stereocenters. The first kappa shape index (κ1) is 15.3. The van der Waals surface area contributed by atoms with Gasteiger partial charge in [-0.2, -0.15) is 0 Å². The number of benzene rings is 2. The van der Waals surface area contributed by atoms with Gasteiger partial charge >= 0.3 is 5.63 Å². The third-order valence-corrected chi connectivity index (χ3v) is 4.01. The molecule has 0 saturated heterocycles. The predicted octanol–water partition coefficient (Wildman–Crippen LogP) is 4.58. The molecule has 0 amide bonds. The van der Waals surface area contributed by atoms with Crippen LogP contribution in [0.25, 0.3) is 11.0 Å². The molecule has 0 aliphatic carbocycles. The van der Waals surface area contributed by atoms with Crippen molar-refractivity contribution in [2.24, 2.45) is 0 Å². The Hall–Kier alpha value is -2.55. The maximum atomic E-state index is 11.8. The predicted molar refractivity (Wildman–Crippen MR) is 95.1 cm³/mol. The van der Waals surface area contributed by atoms with Gasteiger partial charge in [0.05, 0.1) is 0 Å².